The molecule has 1 aromatic carbocycles. The molecule has 0 spiro atoms. The van der Waals surface area contributed by atoms with Crippen molar-refractivity contribution in [2.75, 3.05) is 32.1 Å². The molecule has 1 aromatic heterocycles. The van der Waals surface area contributed by atoms with Crippen LogP contribution in [0.5, 0.6) is 0 Å². The van der Waals surface area contributed by atoms with Gasteiger partial charge >= 0.3 is 0 Å². The number of nitrogens with zero attached hydrogens (tertiary/aromatic N) is 2. The molecular weight excluding hydrogens is 294 g/mol. The first-order valence-electron chi connectivity index (χ1n) is 7.49. The van der Waals surface area contributed by atoms with Crippen LogP contribution in [0, 0.1) is 0 Å². The topological polar surface area (TPSA) is 88.2 Å². The Morgan fingerprint density at radius 3 is 2.61 bits per heavy atom. The van der Waals surface area contributed by atoms with Crippen molar-refractivity contribution in [3.05, 3.63) is 47.8 Å². The van der Waals surface area contributed by atoms with E-state index in [1.807, 2.05) is 24.3 Å². The molecule has 0 bridgehead atoms. The number of carbonyl (C=O) groups is 1. The SMILES string of the molecule is CNC(=O)c1cnc(Nc2ccc([C@@H]3CNCCO3)cc2)nc1. The molecule has 1 aliphatic rings. The van der Waals surface area contributed by atoms with Crippen LogP contribution in [0.2, 0.25) is 0 Å². The summed E-state index contributed by atoms with van der Waals surface area (Å²) in [5.41, 5.74) is 2.44. The Bertz CT molecular complexity index is 651. The average molecular weight is 313 g/mol. The Kier molecular flexibility index (Phi) is 4.80. The summed E-state index contributed by atoms with van der Waals surface area (Å²) in [7, 11) is 1.57. The minimum Gasteiger partial charge on any atom is -0.371 e. The minimum atomic E-state index is -0.206. The molecule has 0 aliphatic carbocycles. The number of aromatic nitrogens is 2. The van der Waals surface area contributed by atoms with E-state index in [2.05, 4.69) is 25.9 Å². The second-order valence-corrected chi connectivity index (χ2v) is 5.19. The largest absolute Gasteiger partial charge is 0.371 e. The van der Waals surface area contributed by atoms with Crippen LogP contribution in [0.15, 0.2) is 36.7 Å². The van der Waals surface area contributed by atoms with Gasteiger partial charge in [-0.05, 0) is 17.7 Å². The molecule has 0 unspecified atom stereocenters. The first kappa shape index (κ1) is 15.4. The number of ether oxygens (including phenoxy) is 1. The second-order valence-electron chi connectivity index (χ2n) is 5.19. The Morgan fingerprint density at radius 1 is 1.26 bits per heavy atom. The van der Waals surface area contributed by atoms with Crippen LogP contribution in [0.3, 0.4) is 0 Å². The van der Waals surface area contributed by atoms with Gasteiger partial charge in [-0.2, -0.15) is 0 Å². The molecule has 0 saturated carbocycles. The van der Waals surface area contributed by atoms with Crippen LogP contribution in [0.4, 0.5) is 11.6 Å². The molecule has 1 amide bonds. The molecule has 1 fully saturated rings. The van der Waals surface area contributed by atoms with Crippen molar-refractivity contribution >= 4 is 17.5 Å². The van der Waals surface area contributed by atoms with Gasteiger partial charge in [0.2, 0.25) is 5.95 Å². The average Bonchev–Trinajstić information content (AvgIpc) is 2.63. The number of carbonyl (C=O) groups excluding carboxylic acids is 1. The van der Waals surface area contributed by atoms with E-state index >= 15 is 0 Å². The standard InChI is InChI=1S/C16H19N5O2/c1-17-15(22)12-8-19-16(20-9-12)21-13-4-2-11(3-5-13)14-10-18-6-7-23-14/h2-5,8-9,14,18H,6-7,10H2,1H3,(H,17,22)(H,19,20,21)/t14-/m0/s1. The molecule has 7 heteroatoms. The number of anilines is 2. The third-order valence-corrected chi connectivity index (χ3v) is 3.61. The third-order valence-electron chi connectivity index (χ3n) is 3.61. The van der Waals surface area contributed by atoms with E-state index < -0.39 is 0 Å². The highest BCUT2D eigenvalue weighted by atomic mass is 16.5. The van der Waals surface area contributed by atoms with Crippen LogP contribution in [0.25, 0.3) is 0 Å². The molecule has 3 rings (SSSR count). The zero-order valence-electron chi connectivity index (χ0n) is 12.9. The molecule has 0 radical (unpaired) electrons. The smallest absolute Gasteiger partial charge is 0.254 e. The summed E-state index contributed by atoms with van der Waals surface area (Å²) in [5, 5.41) is 8.95. The quantitative estimate of drug-likeness (QED) is 0.787. The molecule has 23 heavy (non-hydrogen) atoms. The minimum absolute atomic E-state index is 0.0980. The van der Waals surface area contributed by atoms with Crippen LogP contribution in [0.1, 0.15) is 22.0 Å². The van der Waals surface area contributed by atoms with Crippen LogP contribution < -0.4 is 16.0 Å². The monoisotopic (exact) mass is 313 g/mol. The van der Waals surface area contributed by atoms with E-state index in [1.54, 1.807) is 7.05 Å². The molecule has 120 valence electrons. The lowest BCUT2D eigenvalue weighted by atomic mass is 10.1. The summed E-state index contributed by atoms with van der Waals surface area (Å²) in [6, 6.07) is 7.98. The number of amides is 1. The van der Waals surface area contributed by atoms with Gasteiger partial charge in [0.15, 0.2) is 0 Å². The highest BCUT2D eigenvalue weighted by molar-refractivity contribution is 5.93. The van der Waals surface area contributed by atoms with Crippen molar-refractivity contribution in [3.8, 4) is 0 Å². The third kappa shape index (κ3) is 3.82. The first-order chi connectivity index (χ1) is 11.3. The van der Waals surface area contributed by atoms with E-state index in [1.165, 1.54) is 12.4 Å². The summed E-state index contributed by atoms with van der Waals surface area (Å²) < 4.78 is 5.72. The number of nitrogens with one attached hydrogen (secondary N) is 3. The van der Waals surface area contributed by atoms with Gasteiger partial charge in [0.1, 0.15) is 0 Å². The van der Waals surface area contributed by atoms with Gasteiger partial charge in [0.25, 0.3) is 5.91 Å². The van der Waals surface area contributed by atoms with Gasteiger partial charge in [0, 0.05) is 38.2 Å². The maximum atomic E-state index is 11.4. The van der Waals surface area contributed by atoms with E-state index in [9.17, 15) is 4.79 Å². The summed E-state index contributed by atoms with van der Waals surface area (Å²) in [6.45, 7) is 2.46. The van der Waals surface area contributed by atoms with Crippen LogP contribution in [-0.2, 0) is 4.74 Å². The predicted octanol–water partition coefficient (Wildman–Crippen LogP) is 1.24. The second kappa shape index (κ2) is 7.17. The van der Waals surface area contributed by atoms with E-state index in [-0.39, 0.29) is 12.0 Å². The summed E-state index contributed by atoms with van der Waals surface area (Å²) >= 11 is 0. The van der Waals surface area contributed by atoms with Crippen molar-refractivity contribution in [2.24, 2.45) is 0 Å². The highest BCUT2D eigenvalue weighted by Gasteiger charge is 2.15. The first-order valence-corrected chi connectivity index (χ1v) is 7.49. The number of hydrogen-bond acceptors (Lipinski definition) is 6. The molecule has 2 aromatic rings. The zero-order chi connectivity index (χ0) is 16.1. The Morgan fingerprint density at radius 2 is 2.00 bits per heavy atom. The highest BCUT2D eigenvalue weighted by Crippen LogP contribution is 2.21. The van der Waals surface area contributed by atoms with Gasteiger partial charge < -0.3 is 20.7 Å². The number of benzene rings is 1. The fourth-order valence-electron chi connectivity index (χ4n) is 2.34. The lowest BCUT2D eigenvalue weighted by molar-refractivity contribution is 0.0277. The number of hydrogen-bond donors (Lipinski definition) is 3. The van der Waals surface area contributed by atoms with Gasteiger partial charge in [-0.15, -0.1) is 0 Å². The van der Waals surface area contributed by atoms with Gasteiger partial charge in [-0.3, -0.25) is 4.79 Å². The van der Waals surface area contributed by atoms with E-state index in [4.69, 9.17) is 4.74 Å². The zero-order valence-corrected chi connectivity index (χ0v) is 12.9. The predicted molar refractivity (Wildman–Crippen MR) is 86.7 cm³/mol. The number of morpholine rings is 1. The fourth-order valence-corrected chi connectivity index (χ4v) is 2.34. The molecule has 1 atom stereocenters. The number of rotatable bonds is 4. The van der Waals surface area contributed by atoms with Crippen molar-refractivity contribution < 1.29 is 9.53 Å². The molecule has 2 heterocycles. The Labute approximate surface area is 134 Å². The molecule has 1 saturated heterocycles. The van der Waals surface area contributed by atoms with Crippen molar-refractivity contribution in [3.63, 3.8) is 0 Å². The van der Waals surface area contributed by atoms with Gasteiger partial charge in [-0.25, -0.2) is 9.97 Å². The molecule has 1 aliphatic heterocycles. The van der Waals surface area contributed by atoms with E-state index in [0.717, 1.165) is 30.9 Å². The lowest BCUT2D eigenvalue weighted by Gasteiger charge is -2.24. The fraction of sp³-hybridized carbons (Fsp3) is 0.312. The molecular formula is C16H19N5O2. The van der Waals surface area contributed by atoms with Crippen molar-refractivity contribution in [1.29, 1.82) is 0 Å². The Hall–Kier alpha value is -2.51. The van der Waals surface area contributed by atoms with Gasteiger partial charge in [-0.1, -0.05) is 12.1 Å². The van der Waals surface area contributed by atoms with Crippen LogP contribution >= 0.6 is 0 Å². The van der Waals surface area contributed by atoms with E-state index in [0.29, 0.717) is 11.5 Å². The van der Waals surface area contributed by atoms with Crippen LogP contribution in [-0.4, -0.2) is 42.6 Å². The van der Waals surface area contributed by atoms with Crippen molar-refractivity contribution in [2.45, 2.75) is 6.10 Å². The lowest BCUT2D eigenvalue weighted by Crippen LogP contribution is -2.33. The Balaban J connectivity index is 1.64. The molecule has 3 N–H and O–H groups in total. The van der Waals surface area contributed by atoms with Gasteiger partial charge in [0.05, 0.1) is 18.3 Å². The maximum absolute atomic E-state index is 11.4. The normalized spacial score (nSPS) is 17.5. The summed E-state index contributed by atoms with van der Waals surface area (Å²) in [5.74, 6) is 0.239. The van der Waals surface area contributed by atoms with Crippen molar-refractivity contribution in [1.82, 2.24) is 20.6 Å². The summed E-state index contributed by atoms with van der Waals surface area (Å²) in [6.07, 6.45) is 3.08. The maximum Gasteiger partial charge on any atom is 0.254 e. The molecule has 7 nitrogen and oxygen atoms in total. The summed E-state index contributed by atoms with van der Waals surface area (Å²) in [4.78, 5) is 19.7.